The minimum absolute atomic E-state index is 0.351. The van der Waals surface area contributed by atoms with Gasteiger partial charge in [0.2, 0.25) is 6.41 Å². The van der Waals surface area contributed by atoms with Crippen molar-refractivity contribution in [3.63, 3.8) is 0 Å². The molecule has 0 spiro atoms. The van der Waals surface area contributed by atoms with Crippen LogP contribution in [0.15, 0.2) is 18.2 Å². The summed E-state index contributed by atoms with van der Waals surface area (Å²) < 4.78 is 1.81. The third-order valence-corrected chi connectivity index (χ3v) is 5.17. The number of amides is 1. The van der Waals surface area contributed by atoms with Gasteiger partial charge in [0.25, 0.3) is 0 Å². The van der Waals surface area contributed by atoms with Crippen LogP contribution in [-0.4, -0.2) is 46.8 Å². The van der Waals surface area contributed by atoms with E-state index in [0.29, 0.717) is 18.8 Å². The largest absolute Gasteiger partial charge is 0.345 e. The van der Waals surface area contributed by atoms with Gasteiger partial charge in [-0.05, 0) is 36.8 Å². The fourth-order valence-electron chi connectivity index (χ4n) is 3.69. The summed E-state index contributed by atoms with van der Waals surface area (Å²) in [6, 6.07) is 6.29. The highest BCUT2D eigenvalue weighted by Gasteiger charge is 2.22. The van der Waals surface area contributed by atoms with Crippen LogP contribution in [0.25, 0.3) is 10.9 Å². The molecule has 6 heteroatoms. The van der Waals surface area contributed by atoms with E-state index in [0.717, 1.165) is 61.5 Å². The van der Waals surface area contributed by atoms with Crippen molar-refractivity contribution in [3.05, 3.63) is 29.5 Å². The number of carbonyl (C=O) groups is 3. The second-order valence-electron chi connectivity index (χ2n) is 6.69. The zero-order valence-corrected chi connectivity index (χ0v) is 14.4. The molecule has 0 radical (unpaired) electrons. The minimum atomic E-state index is -0.351. The number of piperidine rings is 1. The second-order valence-corrected chi connectivity index (χ2v) is 6.69. The van der Waals surface area contributed by atoms with Crippen molar-refractivity contribution in [2.45, 2.75) is 37.5 Å². The highest BCUT2D eigenvalue weighted by atomic mass is 16.1. The number of likely N-dealkylation sites (tertiary alicyclic amines) is 1. The van der Waals surface area contributed by atoms with E-state index in [9.17, 15) is 14.4 Å². The summed E-state index contributed by atoms with van der Waals surface area (Å²) in [6.45, 7) is 1.59. The highest BCUT2D eigenvalue weighted by molar-refractivity contribution is 5.86. The van der Waals surface area contributed by atoms with Gasteiger partial charge in [-0.1, -0.05) is 12.1 Å². The molecule has 3 rings (SSSR count). The minimum Gasteiger partial charge on any atom is -0.345 e. The van der Waals surface area contributed by atoms with Crippen molar-refractivity contribution in [1.82, 2.24) is 14.7 Å². The zero-order chi connectivity index (χ0) is 17.8. The first-order valence-electron chi connectivity index (χ1n) is 8.72. The van der Waals surface area contributed by atoms with E-state index in [1.165, 1.54) is 5.56 Å². The van der Waals surface area contributed by atoms with Gasteiger partial charge in [-0.25, -0.2) is 0 Å². The van der Waals surface area contributed by atoms with Gasteiger partial charge < -0.3 is 14.5 Å². The number of benzene rings is 1. The first kappa shape index (κ1) is 17.3. The Kier molecular flexibility index (Phi) is 5.26. The van der Waals surface area contributed by atoms with Crippen molar-refractivity contribution >= 4 is 29.9 Å². The molecule has 25 heavy (non-hydrogen) atoms. The van der Waals surface area contributed by atoms with Crippen LogP contribution in [0.5, 0.6) is 0 Å². The van der Waals surface area contributed by atoms with Crippen LogP contribution in [0.1, 0.15) is 48.8 Å². The molecule has 1 aromatic heterocycles. The van der Waals surface area contributed by atoms with Gasteiger partial charge in [-0.15, -0.1) is 0 Å². The van der Waals surface area contributed by atoms with E-state index >= 15 is 0 Å². The van der Waals surface area contributed by atoms with Crippen LogP contribution in [0.2, 0.25) is 0 Å². The Bertz CT molecular complexity index is 776. The zero-order valence-electron chi connectivity index (χ0n) is 14.4. The SMILES string of the molecule is Cn1nc(C(C=O)CCC=O)c2ccc(C3CCN(C=O)CC3)cc21. The molecule has 1 aliphatic heterocycles. The average molecular weight is 341 g/mol. The molecule has 1 saturated heterocycles. The number of rotatable bonds is 7. The molecule has 0 bridgehead atoms. The molecular weight excluding hydrogens is 318 g/mol. The lowest BCUT2D eigenvalue weighted by molar-refractivity contribution is -0.119. The van der Waals surface area contributed by atoms with Gasteiger partial charge in [0.1, 0.15) is 12.6 Å². The maximum atomic E-state index is 11.4. The molecule has 1 aromatic carbocycles. The first-order valence-corrected chi connectivity index (χ1v) is 8.72. The van der Waals surface area contributed by atoms with E-state index in [4.69, 9.17) is 0 Å². The van der Waals surface area contributed by atoms with Crippen molar-refractivity contribution in [2.75, 3.05) is 13.1 Å². The summed E-state index contributed by atoms with van der Waals surface area (Å²) in [5.74, 6) is 0.0893. The topological polar surface area (TPSA) is 72.3 Å². The molecule has 1 fully saturated rings. The van der Waals surface area contributed by atoms with Crippen molar-refractivity contribution < 1.29 is 14.4 Å². The van der Waals surface area contributed by atoms with Gasteiger partial charge in [-0.2, -0.15) is 5.10 Å². The Morgan fingerprint density at radius 2 is 2.00 bits per heavy atom. The lowest BCUT2D eigenvalue weighted by atomic mass is 9.88. The van der Waals surface area contributed by atoms with E-state index in [1.807, 2.05) is 22.7 Å². The van der Waals surface area contributed by atoms with Gasteiger partial charge in [-0.3, -0.25) is 9.48 Å². The molecule has 2 aromatic rings. The number of hydrogen-bond donors (Lipinski definition) is 0. The molecule has 1 atom stereocenters. The third kappa shape index (κ3) is 3.48. The number of fused-ring (bicyclic) bond motifs is 1. The van der Waals surface area contributed by atoms with Gasteiger partial charge in [0, 0.05) is 31.9 Å². The van der Waals surface area contributed by atoms with E-state index in [2.05, 4.69) is 17.2 Å². The fourth-order valence-corrected chi connectivity index (χ4v) is 3.69. The molecular formula is C19H23N3O3. The van der Waals surface area contributed by atoms with Gasteiger partial charge >= 0.3 is 0 Å². The summed E-state index contributed by atoms with van der Waals surface area (Å²) in [5, 5.41) is 5.51. The summed E-state index contributed by atoms with van der Waals surface area (Å²) >= 11 is 0. The van der Waals surface area contributed by atoms with Crippen LogP contribution in [0.4, 0.5) is 0 Å². The van der Waals surface area contributed by atoms with Crippen LogP contribution in [-0.2, 0) is 21.4 Å². The van der Waals surface area contributed by atoms with Crippen LogP contribution in [0.3, 0.4) is 0 Å². The van der Waals surface area contributed by atoms with Crippen molar-refractivity contribution in [2.24, 2.45) is 7.05 Å². The molecule has 1 aliphatic rings. The highest BCUT2D eigenvalue weighted by Crippen LogP contribution is 2.32. The quantitative estimate of drug-likeness (QED) is 0.724. The van der Waals surface area contributed by atoms with E-state index < -0.39 is 0 Å². The number of hydrogen-bond acceptors (Lipinski definition) is 4. The van der Waals surface area contributed by atoms with Crippen LogP contribution < -0.4 is 0 Å². The van der Waals surface area contributed by atoms with Gasteiger partial charge in [0.05, 0.1) is 17.1 Å². The molecule has 0 saturated carbocycles. The van der Waals surface area contributed by atoms with Crippen molar-refractivity contribution in [1.29, 1.82) is 0 Å². The Labute approximate surface area is 146 Å². The van der Waals surface area contributed by atoms with E-state index in [1.54, 1.807) is 0 Å². The lowest BCUT2D eigenvalue weighted by Crippen LogP contribution is -2.31. The maximum Gasteiger partial charge on any atom is 0.209 e. The number of aryl methyl sites for hydroxylation is 1. The molecule has 6 nitrogen and oxygen atoms in total. The standard InChI is InChI=1S/C19H23N3O3/c1-21-18-11-15(14-6-8-22(13-25)9-7-14)4-5-17(18)19(20-21)16(12-24)3-2-10-23/h4-5,10-14,16H,2-3,6-9H2,1H3. The third-order valence-electron chi connectivity index (χ3n) is 5.17. The Morgan fingerprint density at radius 3 is 2.64 bits per heavy atom. The van der Waals surface area contributed by atoms with Gasteiger partial charge in [0.15, 0.2) is 0 Å². The van der Waals surface area contributed by atoms with Crippen LogP contribution in [0, 0.1) is 0 Å². The Morgan fingerprint density at radius 1 is 1.24 bits per heavy atom. The average Bonchev–Trinajstić information content (AvgIpc) is 2.99. The predicted molar refractivity (Wildman–Crippen MR) is 94.4 cm³/mol. The van der Waals surface area contributed by atoms with Crippen LogP contribution >= 0.6 is 0 Å². The second kappa shape index (κ2) is 7.59. The summed E-state index contributed by atoms with van der Waals surface area (Å²) in [7, 11) is 1.88. The summed E-state index contributed by atoms with van der Waals surface area (Å²) in [5.41, 5.74) is 3.00. The molecule has 1 unspecified atom stereocenters. The maximum absolute atomic E-state index is 11.4. The van der Waals surface area contributed by atoms with E-state index in [-0.39, 0.29) is 5.92 Å². The number of carbonyl (C=O) groups excluding carboxylic acids is 3. The fraction of sp³-hybridized carbons (Fsp3) is 0.474. The monoisotopic (exact) mass is 341 g/mol. The lowest BCUT2D eigenvalue weighted by Gasteiger charge is -2.29. The number of aldehydes is 2. The predicted octanol–water partition coefficient (Wildman–Crippen LogP) is 2.17. The Hall–Kier alpha value is -2.50. The Balaban J connectivity index is 1.89. The molecule has 0 aliphatic carbocycles. The number of aromatic nitrogens is 2. The normalized spacial score (nSPS) is 16.8. The first-order chi connectivity index (χ1) is 12.2. The molecule has 132 valence electrons. The smallest absolute Gasteiger partial charge is 0.209 e. The molecule has 0 N–H and O–H groups in total. The molecule has 1 amide bonds. The molecule has 2 heterocycles. The van der Waals surface area contributed by atoms with Crippen molar-refractivity contribution in [3.8, 4) is 0 Å². The summed E-state index contributed by atoms with van der Waals surface area (Å²) in [4.78, 5) is 34.7. The summed E-state index contributed by atoms with van der Waals surface area (Å²) in [6.07, 6.45) is 5.42. The number of nitrogens with zero attached hydrogens (tertiary/aromatic N) is 3.